The first-order chi connectivity index (χ1) is 16.1. The van der Waals surface area contributed by atoms with Crippen molar-refractivity contribution in [3.63, 3.8) is 0 Å². The van der Waals surface area contributed by atoms with Crippen LogP contribution in [-0.2, 0) is 5.41 Å². The number of fused-ring (bicyclic) bond motifs is 6. The summed E-state index contributed by atoms with van der Waals surface area (Å²) in [6.45, 7) is 4.52. The van der Waals surface area contributed by atoms with Crippen LogP contribution in [0.25, 0.3) is 33.4 Å². The minimum Gasteiger partial charge on any atom is -0.450 e. The first kappa shape index (κ1) is 18.4. The fraction of sp³-hybridized carbons (Fsp3) is 0.103. The van der Waals surface area contributed by atoms with Crippen LogP contribution in [0.3, 0.4) is 0 Å². The zero-order valence-corrected chi connectivity index (χ0v) is 18.3. The van der Waals surface area contributed by atoms with Crippen molar-refractivity contribution in [2.45, 2.75) is 19.3 Å². The van der Waals surface area contributed by atoms with Crippen LogP contribution in [0.15, 0.2) is 85.1 Å². The van der Waals surface area contributed by atoms with Gasteiger partial charge in [0.1, 0.15) is 0 Å². The molecule has 0 spiro atoms. The van der Waals surface area contributed by atoms with Gasteiger partial charge in [-0.15, -0.1) is 0 Å². The van der Waals surface area contributed by atoms with Crippen molar-refractivity contribution >= 4 is 10.9 Å². The molecule has 0 unspecified atom stereocenters. The third kappa shape index (κ3) is 2.64. The van der Waals surface area contributed by atoms with E-state index in [9.17, 15) is 0 Å². The average Bonchev–Trinajstić information content (AvgIpc) is 3.07. The van der Waals surface area contributed by atoms with Crippen LogP contribution in [0, 0.1) is 0 Å². The Kier molecular flexibility index (Phi) is 3.58. The quantitative estimate of drug-likeness (QED) is 0.272. The van der Waals surface area contributed by atoms with E-state index in [1.54, 1.807) is 0 Å². The summed E-state index contributed by atoms with van der Waals surface area (Å²) in [5.74, 6) is 3.50. The highest BCUT2D eigenvalue weighted by molar-refractivity contribution is 5.84. The molecule has 0 radical (unpaired) electrons. The van der Waals surface area contributed by atoms with E-state index in [0.29, 0.717) is 17.3 Å². The Morgan fingerprint density at radius 2 is 1.42 bits per heavy atom. The highest BCUT2D eigenvalue weighted by Gasteiger charge is 2.37. The molecule has 1 aliphatic carbocycles. The van der Waals surface area contributed by atoms with Crippen LogP contribution >= 0.6 is 0 Å². The first-order valence-electron chi connectivity index (χ1n) is 11.1. The van der Waals surface area contributed by atoms with Gasteiger partial charge in [-0.3, -0.25) is 0 Å². The molecule has 0 saturated carbocycles. The van der Waals surface area contributed by atoms with Gasteiger partial charge in [0.15, 0.2) is 28.8 Å². The number of benzene rings is 4. The molecule has 0 bridgehead atoms. The maximum atomic E-state index is 6.35. The van der Waals surface area contributed by atoms with Gasteiger partial charge in [0.05, 0.1) is 5.52 Å². The molecule has 1 aliphatic heterocycles. The lowest BCUT2D eigenvalue weighted by Crippen LogP contribution is -2.15. The maximum Gasteiger partial charge on any atom is 0.170 e. The second kappa shape index (κ2) is 6.42. The van der Waals surface area contributed by atoms with Crippen molar-refractivity contribution in [1.82, 2.24) is 9.97 Å². The van der Waals surface area contributed by atoms with Crippen molar-refractivity contribution in [3.8, 4) is 45.5 Å². The summed E-state index contributed by atoms with van der Waals surface area (Å²) in [5.41, 5.74) is 6.77. The highest BCUT2D eigenvalue weighted by atomic mass is 16.6. The smallest absolute Gasteiger partial charge is 0.170 e. The topological polar surface area (TPSA) is 44.2 Å². The Bertz CT molecular complexity index is 1600. The van der Waals surface area contributed by atoms with Crippen molar-refractivity contribution in [2.24, 2.45) is 0 Å². The Labute approximate surface area is 191 Å². The summed E-state index contributed by atoms with van der Waals surface area (Å²) in [5, 5.41) is 1.02. The molecule has 4 heteroatoms. The van der Waals surface area contributed by atoms with E-state index in [-0.39, 0.29) is 5.41 Å². The van der Waals surface area contributed by atoms with Gasteiger partial charge < -0.3 is 9.47 Å². The molecule has 7 rings (SSSR count). The van der Waals surface area contributed by atoms with Crippen molar-refractivity contribution in [1.29, 1.82) is 0 Å². The Morgan fingerprint density at radius 3 is 2.36 bits per heavy atom. The summed E-state index contributed by atoms with van der Waals surface area (Å²) in [6, 6.07) is 26.7. The van der Waals surface area contributed by atoms with Crippen LogP contribution in [0.1, 0.15) is 25.0 Å². The predicted molar refractivity (Wildman–Crippen MR) is 129 cm³/mol. The normalized spacial score (nSPS) is 14.5. The lowest BCUT2D eigenvalue weighted by Gasteiger charge is -2.25. The standard InChI is InChI=1S/C29H20N2O2/c1-29(2)21-9-5-4-8-19(21)20-14-26-27(15-22(20)29)32-24-12-11-17(13-25(24)33-26)28-30-16-18-7-3-6-10-23(18)31-28/h3-16H,1-2H3. The van der Waals surface area contributed by atoms with E-state index >= 15 is 0 Å². The molecule has 4 nitrogen and oxygen atoms in total. The molecule has 0 amide bonds. The number of para-hydroxylation sites is 1. The molecule has 158 valence electrons. The van der Waals surface area contributed by atoms with Crippen LogP contribution < -0.4 is 9.47 Å². The molecule has 5 aromatic rings. The van der Waals surface area contributed by atoms with Crippen molar-refractivity contribution in [3.05, 3.63) is 96.2 Å². The van der Waals surface area contributed by atoms with Gasteiger partial charge in [0.2, 0.25) is 0 Å². The zero-order chi connectivity index (χ0) is 22.2. The van der Waals surface area contributed by atoms with Gasteiger partial charge >= 0.3 is 0 Å². The second-order valence-electron chi connectivity index (χ2n) is 9.13. The number of aromatic nitrogens is 2. The minimum absolute atomic E-state index is 0.0815. The number of rotatable bonds is 1. The summed E-state index contributed by atoms with van der Waals surface area (Å²) >= 11 is 0. The molecule has 4 aromatic carbocycles. The van der Waals surface area contributed by atoms with E-state index in [1.807, 2.05) is 48.7 Å². The van der Waals surface area contributed by atoms with Gasteiger partial charge in [-0.1, -0.05) is 56.3 Å². The van der Waals surface area contributed by atoms with Gasteiger partial charge in [0.25, 0.3) is 0 Å². The number of ether oxygens (including phenoxy) is 2. The molecular formula is C29H20N2O2. The molecule has 2 aliphatic rings. The summed E-state index contributed by atoms with van der Waals surface area (Å²) < 4.78 is 12.6. The minimum atomic E-state index is -0.0815. The SMILES string of the molecule is CC1(C)c2ccccc2-c2cc3c(cc21)Oc1ccc(-c2ncc4ccccc4n2)cc1O3. The molecule has 2 heterocycles. The Balaban J connectivity index is 1.31. The Morgan fingerprint density at radius 1 is 0.667 bits per heavy atom. The van der Waals surface area contributed by atoms with Gasteiger partial charge in [-0.2, -0.15) is 0 Å². The first-order valence-corrected chi connectivity index (χ1v) is 11.1. The van der Waals surface area contributed by atoms with Crippen LogP contribution in [-0.4, -0.2) is 9.97 Å². The predicted octanol–water partition coefficient (Wildman–Crippen LogP) is 7.50. The van der Waals surface area contributed by atoms with Gasteiger partial charge in [-0.25, -0.2) is 9.97 Å². The molecule has 0 saturated heterocycles. The molecule has 0 fully saturated rings. The van der Waals surface area contributed by atoms with Crippen LogP contribution in [0.5, 0.6) is 23.0 Å². The zero-order valence-electron chi connectivity index (χ0n) is 18.3. The van der Waals surface area contributed by atoms with Crippen molar-refractivity contribution < 1.29 is 9.47 Å². The van der Waals surface area contributed by atoms with E-state index in [0.717, 1.165) is 28.0 Å². The summed E-state index contributed by atoms with van der Waals surface area (Å²) in [4.78, 5) is 9.27. The lowest BCUT2D eigenvalue weighted by molar-refractivity contribution is 0.359. The summed E-state index contributed by atoms with van der Waals surface area (Å²) in [6.07, 6.45) is 1.85. The maximum absolute atomic E-state index is 6.35. The second-order valence-corrected chi connectivity index (χ2v) is 9.13. The van der Waals surface area contributed by atoms with E-state index in [4.69, 9.17) is 14.5 Å². The van der Waals surface area contributed by atoms with E-state index in [1.165, 1.54) is 22.3 Å². The van der Waals surface area contributed by atoms with E-state index in [2.05, 4.69) is 55.2 Å². The van der Waals surface area contributed by atoms with Crippen molar-refractivity contribution in [2.75, 3.05) is 0 Å². The largest absolute Gasteiger partial charge is 0.450 e. The number of hydrogen-bond acceptors (Lipinski definition) is 4. The van der Waals surface area contributed by atoms with E-state index < -0.39 is 0 Å². The van der Waals surface area contributed by atoms with Crippen LogP contribution in [0.2, 0.25) is 0 Å². The number of nitrogens with zero attached hydrogens (tertiary/aromatic N) is 2. The highest BCUT2D eigenvalue weighted by Crippen LogP contribution is 2.55. The molecule has 33 heavy (non-hydrogen) atoms. The van der Waals surface area contributed by atoms with Gasteiger partial charge in [0, 0.05) is 22.6 Å². The van der Waals surface area contributed by atoms with Gasteiger partial charge in [-0.05, 0) is 58.7 Å². The lowest BCUT2D eigenvalue weighted by atomic mass is 9.82. The molecule has 0 atom stereocenters. The molecule has 0 N–H and O–H groups in total. The average molecular weight is 428 g/mol. The molecule has 1 aromatic heterocycles. The summed E-state index contributed by atoms with van der Waals surface area (Å²) in [7, 11) is 0. The third-order valence-electron chi connectivity index (χ3n) is 6.78. The fourth-order valence-corrected chi connectivity index (χ4v) is 5.03. The molecular weight excluding hydrogens is 408 g/mol. The monoisotopic (exact) mass is 428 g/mol. The van der Waals surface area contributed by atoms with Crippen LogP contribution in [0.4, 0.5) is 0 Å². The third-order valence-corrected chi connectivity index (χ3v) is 6.78. The Hall–Kier alpha value is -4.18. The fourth-order valence-electron chi connectivity index (χ4n) is 5.03. The number of hydrogen-bond donors (Lipinski definition) is 0.